The van der Waals surface area contributed by atoms with Crippen LogP contribution in [0.25, 0.3) is 0 Å². The Morgan fingerprint density at radius 3 is 2.76 bits per heavy atom. The second-order valence-electron chi connectivity index (χ2n) is 3.92. The fourth-order valence-electron chi connectivity index (χ4n) is 1.57. The predicted molar refractivity (Wildman–Crippen MR) is 66.5 cm³/mol. The Morgan fingerprint density at radius 2 is 2.18 bits per heavy atom. The zero-order valence-electron chi connectivity index (χ0n) is 10.5. The van der Waals surface area contributed by atoms with E-state index >= 15 is 0 Å². The van der Waals surface area contributed by atoms with Crippen LogP contribution in [0.4, 0.5) is 0 Å². The average molecular weight is 231 g/mol. The van der Waals surface area contributed by atoms with Gasteiger partial charge >= 0.3 is 0 Å². The Balaban J connectivity index is 3.00. The molecule has 0 saturated carbocycles. The van der Waals surface area contributed by atoms with Gasteiger partial charge in [-0.15, -0.1) is 6.42 Å². The summed E-state index contributed by atoms with van der Waals surface area (Å²) in [4.78, 5) is 13.9. The summed E-state index contributed by atoms with van der Waals surface area (Å²) in [5.74, 6) is 2.44. The summed E-state index contributed by atoms with van der Waals surface area (Å²) in [5.41, 5.74) is 1.95. The van der Waals surface area contributed by atoms with E-state index in [9.17, 15) is 4.79 Å². The lowest BCUT2D eigenvalue weighted by molar-refractivity contribution is 0.0775. The molecule has 0 aliphatic heterocycles. The molecule has 0 N–H and O–H groups in total. The van der Waals surface area contributed by atoms with Crippen LogP contribution < -0.4 is 0 Å². The van der Waals surface area contributed by atoms with E-state index in [4.69, 9.17) is 6.42 Å². The minimum Gasteiger partial charge on any atom is -0.327 e. The molecule has 17 heavy (non-hydrogen) atoms. The third kappa shape index (κ3) is 3.28. The fraction of sp³-hybridized carbons (Fsp3) is 0.462. The highest BCUT2D eigenvalue weighted by molar-refractivity contribution is 5.95. The van der Waals surface area contributed by atoms with Crippen LogP contribution in [0.1, 0.15) is 35.1 Å². The summed E-state index contributed by atoms with van der Waals surface area (Å²) in [5, 5.41) is 7.87. The number of terminal acetylenes is 1. The molecule has 1 heterocycles. The van der Waals surface area contributed by atoms with E-state index in [-0.39, 0.29) is 5.91 Å². The number of nitrogens with zero attached hydrogens (tertiary/aromatic N) is 3. The van der Waals surface area contributed by atoms with Crippen molar-refractivity contribution in [2.75, 3.05) is 13.1 Å². The lowest BCUT2D eigenvalue weighted by Gasteiger charge is -2.20. The van der Waals surface area contributed by atoms with Gasteiger partial charge < -0.3 is 4.90 Å². The number of aryl methyl sites for hydroxylation is 2. The molecule has 0 radical (unpaired) electrons. The Labute approximate surface area is 102 Å². The molecule has 1 amide bonds. The van der Waals surface area contributed by atoms with Gasteiger partial charge in [-0.2, -0.15) is 10.2 Å². The van der Waals surface area contributed by atoms with Gasteiger partial charge in [0.15, 0.2) is 0 Å². The van der Waals surface area contributed by atoms with Gasteiger partial charge in [-0.05, 0) is 26.3 Å². The van der Waals surface area contributed by atoms with Crippen LogP contribution in [0.15, 0.2) is 6.07 Å². The molecule has 0 bridgehead atoms. The first-order valence-corrected chi connectivity index (χ1v) is 5.63. The van der Waals surface area contributed by atoms with Crippen molar-refractivity contribution in [3.63, 3.8) is 0 Å². The smallest absolute Gasteiger partial charge is 0.256 e. The molecule has 4 heteroatoms. The topological polar surface area (TPSA) is 46.1 Å². The van der Waals surface area contributed by atoms with Gasteiger partial charge in [0.05, 0.1) is 23.5 Å². The standard InChI is InChI=1S/C13H17N3O/c1-5-7-16(8-6-2)13(17)12-9-10(3)14-15-11(12)4/h1,9H,6-8H2,2-4H3. The summed E-state index contributed by atoms with van der Waals surface area (Å²) in [6, 6.07) is 1.75. The molecule has 0 atom stereocenters. The van der Waals surface area contributed by atoms with E-state index in [1.54, 1.807) is 17.9 Å². The normalized spacial score (nSPS) is 9.76. The zero-order valence-corrected chi connectivity index (χ0v) is 10.5. The summed E-state index contributed by atoms with van der Waals surface area (Å²) >= 11 is 0. The number of rotatable bonds is 4. The second-order valence-corrected chi connectivity index (χ2v) is 3.92. The monoisotopic (exact) mass is 231 g/mol. The Morgan fingerprint density at radius 1 is 1.47 bits per heavy atom. The molecular formula is C13H17N3O. The van der Waals surface area contributed by atoms with Crippen molar-refractivity contribution >= 4 is 5.91 Å². The molecule has 4 nitrogen and oxygen atoms in total. The summed E-state index contributed by atoms with van der Waals surface area (Å²) < 4.78 is 0. The number of aromatic nitrogens is 2. The SMILES string of the molecule is C#CCN(CCC)C(=O)c1cc(C)nnc1C. The van der Waals surface area contributed by atoms with Crippen molar-refractivity contribution in [2.24, 2.45) is 0 Å². The number of hydrogen-bond donors (Lipinski definition) is 0. The zero-order chi connectivity index (χ0) is 12.8. The molecule has 90 valence electrons. The first-order valence-electron chi connectivity index (χ1n) is 5.63. The van der Waals surface area contributed by atoms with Crippen molar-refractivity contribution in [3.05, 3.63) is 23.0 Å². The molecular weight excluding hydrogens is 214 g/mol. The van der Waals surface area contributed by atoms with E-state index in [1.807, 2.05) is 13.8 Å². The average Bonchev–Trinajstić information content (AvgIpc) is 2.31. The number of hydrogen-bond acceptors (Lipinski definition) is 3. The van der Waals surface area contributed by atoms with Crippen LogP contribution in [0.5, 0.6) is 0 Å². The molecule has 0 saturated heterocycles. The number of carbonyl (C=O) groups is 1. The number of amides is 1. The van der Waals surface area contributed by atoms with Gasteiger partial charge in [-0.1, -0.05) is 12.8 Å². The van der Waals surface area contributed by atoms with Crippen molar-refractivity contribution in [2.45, 2.75) is 27.2 Å². The maximum atomic E-state index is 12.3. The van der Waals surface area contributed by atoms with Crippen molar-refractivity contribution in [3.8, 4) is 12.3 Å². The van der Waals surface area contributed by atoms with Crippen LogP contribution >= 0.6 is 0 Å². The van der Waals surface area contributed by atoms with Crippen molar-refractivity contribution in [1.29, 1.82) is 0 Å². The van der Waals surface area contributed by atoms with Gasteiger partial charge in [0.1, 0.15) is 0 Å². The first-order chi connectivity index (χ1) is 8.10. The minimum absolute atomic E-state index is 0.0692. The van der Waals surface area contributed by atoms with E-state index in [0.717, 1.165) is 12.1 Å². The molecule has 0 aliphatic carbocycles. The third-order valence-corrected chi connectivity index (χ3v) is 2.39. The quantitative estimate of drug-likeness (QED) is 0.739. The molecule has 0 spiro atoms. The maximum absolute atomic E-state index is 12.3. The fourth-order valence-corrected chi connectivity index (χ4v) is 1.57. The van der Waals surface area contributed by atoms with Gasteiger partial charge in [-0.25, -0.2) is 0 Å². The summed E-state index contributed by atoms with van der Waals surface area (Å²) in [6.07, 6.45) is 6.15. The third-order valence-electron chi connectivity index (χ3n) is 2.39. The molecule has 1 rings (SSSR count). The lowest BCUT2D eigenvalue weighted by atomic mass is 10.1. The highest BCUT2D eigenvalue weighted by atomic mass is 16.2. The van der Waals surface area contributed by atoms with Gasteiger partial charge in [0, 0.05) is 6.54 Å². The van der Waals surface area contributed by atoms with E-state index < -0.39 is 0 Å². The van der Waals surface area contributed by atoms with Gasteiger partial charge in [0.2, 0.25) is 0 Å². The van der Waals surface area contributed by atoms with Crippen LogP contribution in [0, 0.1) is 26.2 Å². The maximum Gasteiger partial charge on any atom is 0.256 e. The minimum atomic E-state index is -0.0692. The predicted octanol–water partition coefficient (Wildman–Crippen LogP) is 1.58. The largest absolute Gasteiger partial charge is 0.327 e. The molecule has 0 aliphatic rings. The Hall–Kier alpha value is -1.89. The highest BCUT2D eigenvalue weighted by Crippen LogP contribution is 2.09. The van der Waals surface area contributed by atoms with Gasteiger partial charge in [-0.3, -0.25) is 4.79 Å². The van der Waals surface area contributed by atoms with Crippen LogP contribution in [-0.4, -0.2) is 34.1 Å². The van der Waals surface area contributed by atoms with E-state index in [1.165, 1.54) is 0 Å². The summed E-state index contributed by atoms with van der Waals surface area (Å²) in [6.45, 7) is 6.59. The summed E-state index contributed by atoms with van der Waals surface area (Å²) in [7, 11) is 0. The molecule has 1 aromatic rings. The lowest BCUT2D eigenvalue weighted by Crippen LogP contribution is -2.33. The van der Waals surface area contributed by atoms with E-state index in [2.05, 4.69) is 16.1 Å². The van der Waals surface area contributed by atoms with Gasteiger partial charge in [0.25, 0.3) is 5.91 Å². The molecule has 0 aromatic carbocycles. The van der Waals surface area contributed by atoms with Crippen molar-refractivity contribution < 1.29 is 4.79 Å². The van der Waals surface area contributed by atoms with Crippen LogP contribution in [-0.2, 0) is 0 Å². The van der Waals surface area contributed by atoms with E-state index in [0.29, 0.717) is 24.3 Å². The Bertz CT molecular complexity index is 448. The molecule has 0 fully saturated rings. The van der Waals surface area contributed by atoms with Crippen LogP contribution in [0.3, 0.4) is 0 Å². The second kappa shape index (κ2) is 6.00. The van der Waals surface area contributed by atoms with Crippen molar-refractivity contribution in [1.82, 2.24) is 15.1 Å². The highest BCUT2D eigenvalue weighted by Gasteiger charge is 2.17. The van der Waals surface area contributed by atoms with Crippen LogP contribution in [0.2, 0.25) is 0 Å². The first kappa shape index (κ1) is 13.2. The number of carbonyl (C=O) groups excluding carboxylic acids is 1. The molecule has 0 unspecified atom stereocenters. The Kier molecular flexibility index (Phi) is 4.65. The molecule has 1 aromatic heterocycles.